The Labute approximate surface area is 152 Å². The van der Waals surface area contributed by atoms with E-state index < -0.39 is 0 Å². The van der Waals surface area contributed by atoms with Crippen LogP contribution in [0.3, 0.4) is 0 Å². The zero-order valence-electron chi connectivity index (χ0n) is 14.8. The molecule has 0 bridgehead atoms. The summed E-state index contributed by atoms with van der Waals surface area (Å²) in [5, 5.41) is 1.24. The number of methoxy groups -OCH3 is 2. The zero-order valence-corrected chi connectivity index (χ0v) is 14.8. The quantitative estimate of drug-likeness (QED) is 0.446. The highest BCUT2D eigenvalue weighted by Crippen LogP contribution is 2.51. The van der Waals surface area contributed by atoms with Gasteiger partial charge < -0.3 is 14.0 Å². The number of fused-ring (bicyclic) bond motifs is 4. The second-order valence-electron chi connectivity index (χ2n) is 6.56. The molecule has 4 aromatic rings. The molecule has 1 aliphatic carbocycles. The topological polar surface area (TPSA) is 23.4 Å². The van der Waals surface area contributed by atoms with Crippen molar-refractivity contribution < 1.29 is 9.47 Å². The van der Waals surface area contributed by atoms with Crippen LogP contribution in [0.4, 0.5) is 0 Å². The fourth-order valence-electron chi connectivity index (χ4n) is 4.15. The molecule has 0 fully saturated rings. The summed E-state index contributed by atoms with van der Waals surface area (Å²) in [6.45, 7) is 0. The van der Waals surface area contributed by atoms with Gasteiger partial charge >= 0.3 is 0 Å². The van der Waals surface area contributed by atoms with Gasteiger partial charge in [-0.3, -0.25) is 0 Å². The number of benzene rings is 3. The van der Waals surface area contributed by atoms with E-state index in [1.807, 2.05) is 6.07 Å². The number of nitrogens with zero attached hydrogens (tertiary/aromatic N) is 1. The van der Waals surface area contributed by atoms with E-state index in [4.69, 9.17) is 9.47 Å². The van der Waals surface area contributed by atoms with Gasteiger partial charge in [0.05, 0.1) is 20.3 Å². The molecule has 0 N–H and O–H groups in total. The second-order valence-corrected chi connectivity index (χ2v) is 6.56. The van der Waals surface area contributed by atoms with Crippen LogP contribution in [-0.2, 0) is 0 Å². The lowest BCUT2D eigenvalue weighted by Gasteiger charge is -2.20. The molecule has 26 heavy (non-hydrogen) atoms. The standard InChI is InChI=1S/C23H19NO2/c1-25-16-13-19-17-8-4-5-9-18(17)23(22(19)21(14-16)26-2)24-12-11-15-7-3-6-10-20(15)24/h3-14,23H,1-2H3. The molecule has 3 heteroatoms. The zero-order chi connectivity index (χ0) is 17.7. The Hall–Kier alpha value is -3.20. The van der Waals surface area contributed by atoms with Gasteiger partial charge in [-0.2, -0.15) is 0 Å². The lowest BCUT2D eigenvalue weighted by molar-refractivity contribution is 0.389. The van der Waals surface area contributed by atoms with Gasteiger partial charge in [0.15, 0.2) is 0 Å². The molecular formula is C23H19NO2. The molecule has 3 nitrogen and oxygen atoms in total. The average Bonchev–Trinajstić information content (AvgIpc) is 3.26. The van der Waals surface area contributed by atoms with E-state index >= 15 is 0 Å². The van der Waals surface area contributed by atoms with E-state index in [0.29, 0.717) is 0 Å². The van der Waals surface area contributed by atoms with Crippen LogP contribution < -0.4 is 9.47 Å². The van der Waals surface area contributed by atoms with Crippen LogP contribution in [0.1, 0.15) is 17.2 Å². The van der Waals surface area contributed by atoms with Gasteiger partial charge in [-0.05, 0) is 40.3 Å². The molecule has 5 rings (SSSR count). The van der Waals surface area contributed by atoms with E-state index in [9.17, 15) is 0 Å². The van der Waals surface area contributed by atoms with Crippen molar-refractivity contribution in [1.82, 2.24) is 4.57 Å². The summed E-state index contributed by atoms with van der Waals surface area (Å²) in [5.74, 6) is 1.67. The third kappa shape index (κ3) is 2.00. The van der Waals surface area contributed by atoms with Crippen molar-refractivity contribution in [1.29, 1.82) is 0 Å². The highest BCUT2D eigenvalue weighted by molar-refractivity contribution is 5.85. The first-order chi connectivity index (χ1) is 12.8. The third-order valence-electron chi connectivity index (χ3n) is 5.30. The predicted molar refractivity (Wildman–Crippen MR) is 104 cm³/mol. The van der Waals surface area contributed by atoms with Gasteiger partial charge in [-0.25, -0.2) is 0 Å². The molecule has 1 atom stereocenters. The van der Waals surface area contributed by atoms with Crippen molar-refractivity contribution in [2.24, 2.45) is 0 Å². The van der Waals surface area contributed by atoms with Crippen LogP contribution in [0, 0.1) is 0 Å². The molecule has 1 aliphatic rings. The van der Waals surface area contributed by atoms with Crippen LogP contribution in [0.2, 0.25) is 0 Å². The summed E-state index contributed by atoms with van der Waals surface area (Å²) >= 11 is 0. The number of hydrogen-bond acceptors (Lipinski definition) is 2. The maximum absolute atomic E-state index is 5.78. The average molecular weight is 341 g/mol. The van der Waals surface area contributed by atoms with Crippen molar-refractivity contribution >= 4 is 10.9 Å². The van der Waals surface area contributed by atoms with Crippen molar-refractivity contribution in [3.05, 3.63) is 84.1 Å². The Balaban J connectivity index is 1.85. The van der Waals surface area contributed by atoms with Crippen LogP contribution in [0.25, 0.3) is 22.0 Å². The van der Waals surface area contributed by atoms with E-state index in [2.05, 4.69) is 71.4 Å². The molecule has 3 aromatic carbocycles. The Morgan fingerprint density at radius 2 is 1.62 bits per heavy atom. The normalized spacial score (nSPS) is 14.9. The smallest absolute Gasteiger partial charge is 0.128 e. The van der Waals surface area contributed by atoms with Gasteiger partial charge in [0.1, 0.15) is 11.5 Å². The fourth-order valence-corrected chi connectivity index (χ4v) is 4.15. The molecule has 1 heterocycles. The summed E-state index contributed by atoms with van der Waals surface area (Å²) in [6.07, 6.45) is 2.17. The minimum Gasteiger partial charge on any atom is -0.497 e. The highest BCUT2D eigenvalue weighted by Gasteiger charge is 2.33. The minimum atomic E-state index is 0.0851. The van der Waals surface area contributed by atoms with Crippen molar-refractivity contribution in [3.63, 3.8) is 0 Å². The molecule has 0 saturated heterocycles. The molecule has 0 spiro atoms. The summed E-state index contributed by atoms with van der Waals surface area (Å²) in [4.78, 5) is 0. The summed E-state index contributed by atoms with van der Waals surface area (Å²) in [7, 11) is 3.42. The number of ether oxygens (including phenoxy) is 2. The highest BCUT2D eigenvalue weighted by atomic mass is 16.5. The van der Waals surface area contributed by atoms with Gasteiger partial charge in [0.25, 0.3) is 0 Å². The van der Waals surface area contributed by atoms with Gasteiger partial charge in [0.2, 0.25) is 0 Å². The first-order valence-electron chi connectivity index (χ1n) is 8.72. The molecule has 128 valence electrons. The van der Waals surface area contributed by atoms with Crippen LogP contribution >= 0.6 is 0 Å². The Kier molecular flexibility index (Phi) is 3.29. The Morgan fingerprint density at radius 1 is 0.808 bits per heavy atom. The third-order valence-corrected chi connectivity index (χ3v) is 5.30. The molecule has 0 amide bonds. The number of hydrogen-bond donors (Lipinski definition) is 0. The largest absolute Gasteiger partial charge is 0.497 e. The SMILES string of the molecule is COc1cc(OC)c2c(c1)-c1ccccc1C2n1ccc2ccccc21. The molecule has 0 saturated carbocycles. The maximum Gasteiger partial charge on any atom is 0.128 e. The van der Waals surface area contributed by atoms with Crippen molar-refractivity contribution in [2.75, 3.05) is 14.2 Å². The first-order valence-corrected chi connectivity index (χ1v) is 8.72. The molecule has 1 aromatic heterocycles. The van der Waals surface area contributed by atoms with Crippen molar-refractivity contribution in [3.8, 4) is 22.6 Å². The molecule has 0 radical (unpaired) electrons. The Morgan fingerprint density at radius 3 is 2.46 bits per heavy atom. The molecule has 1 unspecified atom stereocenters. The van der Waals surface area contributed by atoms with Crippen molar-refractivity contribution in [2.45, 2.75) is 6.04 Å². The number of rotatable bonds is 3. The van der Waals surface area contributed by atoms with E-state index in [-0.39, 0.29) is 6.04 Å². The lowest BCUT2D eigenvalue weighted by atomic mass is 10.0. The van der Waals surface area contributed by atoms with Crippen LogP contribution in [0.15, 0.2) is 72.9 Å². The molecule has 0 aliphatic heterocycles. The minimum absolute atomic E-state index is 0.0851. The van der Waals surface area contributed by atoms with Crippen LogP contribution in [-0.4, -0.2) is 18.8 Å². The first kappa shape index (κ1) is 15.1. The van der Waals surface area contributed by atoms with E-state index in [0.717, 1.165) is 11.5 Å². The second kappa shape index (κ2) is 5.67. The lowest BCUT2D eigenvalue weighted by Crippen LogP contribution is -2.09. The Bertz CT molecular complexity index is 1130. The van der Waals surface area contributed by atoms with E-state index in [1.54, 1.807) is 14.2 Å². The maximum atomic E-state index is 5.78. The fraction of sp³-hybridized carbons (Fsp3) is 0.130. The molecular weight excluding hydrogens is 322 g/mol. The monoisotopic (exact) mass is 341 g/mol. The summed E-state index contributed by atoms with van der Waals surface area (Å²) < 4.78 is 13.6. The number of aromatic nitrogens is 1. The van der Waals surface area contributed by atoms with Crippen LogP contribution in [0.5, 0.6) is 11.5 Å². The number of para-hydroxylation sites is 1. The summed E-state index contributed by atoms with van der Waals surface area (Å²) in [6, 6.07) is 23.4. The van der Waals surface area contributed by atoms with E-state index in [1.165, 1.54) is 33.2 Å². The predicted octanol–water partition coefficient (Wildman–Crippen LogP) is 5.28. The van der Waals surface area contributed by atoms with Gasteiger partial charge in [-0.1, -0.05) is 42.5 Å². The summed E-state index contributed by atoms with van der Waals surface area (Å²) in [5.41, 5.74) is 6.12. The van der Waals surface area contributed by atoms with Gasteiger partial charge in [0, 0.05) is 23.3 Å². The van der Waals surface area contributed by atoms with Gasteiger partial charge in [-0.15, -0.1) is 0 Å².